The van der Waals surface area contributed by atoms with Crippen LogP contribution in [-0.4, -0.2) is 21.6 Å². The summed E-state index contributed by atoms with van der Waals surface area (Å²) in [6.45, 7) is 0. The van der Waals surface area contributed by atoms with Gasteiger partial charge in [-0.25, -0.2) is 4.98 Å². The van der Waals surface area contributed by atoms with E-state index in [1.165, 1.54) is 11.8 Å². The van der Waals surface area contributed by atoms with Crippen molar-refractivity contribution in [2.45, 2.75) is 5.03 Å². The van der Waals surface area contributed by atoms with Crippen molar-refractivity contribution < 1.29 is 4.79 Å². The average Bonchev–Trinajstić information content (AvgIpc) is 2.46. The number of aromatic nitrogens is 2. The monoisotopic (exact) mass is 270 g/mol. The van der Waals surface area contributed by atoms with E-state index in [-0.39, 0.29) is 11.7 Å². The van der Waals surface area contributed by atoms with Gasteiger partial charge in [0.15, 0.2) is 0 Å². The van der Waals surface area contributed by atoms with E-state index in [1.54, 1.807) is 42.9 Å². The van der Waals surface area contributed by atoms with Gasteiger partial charge in [-0.1, -0.05) is 11.8 Å². The number of carbonyl (C=O) groups is 1. The molecule has 2 rings (SSSR count). The molecule has 0 saturated carbocycles. The lowest BCUT2D eigenvalue weighted by Crippen LogP contribution is -2.14. The number of hydrogen-bond donors (Lipinski definition) is 1. The zero-order chi connectivity index (χ0) is 13.5. The molecule has 0 bridgehead atoms. The Kier molecular flexibility index (Phi) is 4.48. The number of amides is 1. The fourth-order valence-corrected chi connectivity index (χ4v) is 2.03. The van der Waals surface area contributed by atoms with E-state index in [0.717, 1.165) is 0 Å². The van der Waals surface area contributed by atoms with E-state index in [9.17, 15) is 4.79 Å². The fraction of sp³-hybridized carbons (Fsp3) is 0.0769. The summed E-state index contributed by atoms with van der Waals surface area (Å²) in [5, 5.41) is 12.2. The van der Waals surface area contributed by atoms with Crippen molar-refractivity contribution in [3.8, 4) is 6.07 Å². The molecule has 6 heteroatoms. The van der Waals surface area contributed by atoms with Gasteiger partial charge < -0.3 is 5.32 Å². The van der Waals surface area contributed by atoms with Crippen LogP contribution in [0.2, 0.25) is 0 Å². The van der Waals surface area contributed by atoms with E-state index in [4.69, 9.17) is 5.26 Å². The molecule has 19 heavy (non-hydrogen) atoms. The minimum absolute atomic E-state index is 0.125. The van der Waals surface area contributed by atoms with Crippen LogP contribution in [0.4, 0.5) is 5.69 Å². The molecule has 0 atom stereocenters. The Hall–Kier alpha value is -2.39. The SMILES string of the molecule is N#Cc1ccnc(SCC(=O)Nc2ccncc2)c1. The van der Waals surface area contributed by atoms with Crippen LogP contribution in [0.1, 0.15) is 5.56 Å². The summed E-state index contributed by atoms with van der Waals surface area (Å²) >= 11 is 1.29. The molecule has 2 heterocycles. The number of hydrogen-bond acceptors (Lipinski definition) is 5. The highest BCUT2D eigenvalue weighted by molar-refractivity contribution is 7.99. The third kappa shape index (κ3) is 4.08. The first-order chi connectivity index (χ1) is 9.28. The molecule has 5 nitrogen and oxygen atoms in total. The van der Waals surface area contributed by atoms with Crippen molar-refractivity contribution in [3.63, 3.8) is 0 Å². The highest BCUT2D eigenvalue weighted by Gasteiger charge is 2.04. The van der Waals surface area contributed by atoms with E-state index in [1.807, 2.05) is 6.07 Å². The Morgan fingerprint density at radius 1 is 1.32 bits per heavy atom. The molecule has 0 radical (unpaired) electrons. The maximum Gasteiger partial charge on any atom is 0.234 e. The van der Waals surface area contributed by atoms with Gasteiger partial charge in [-0.3, -0.25) is 9.78 Å². The van der Waals surface area contributed by atoms with Crippen LogP contribution < -0.4 is 5.32 Å². The number of pyridine rings is 2. The smallest absolute Gasteiger partial charge is 0.234 e. The van der Waals surface area contributed by atoms with Gasteiger partial charge in [0.1, 0.15) is 0 Å². The van der Waals surface area contributed by atoms with Crippen LogP contribution >= 0.6 is 11.8 Å². The third-order valence-corrected chi connectivity index (χ3v) is 3.10. The Labute approximate surface area is 114 Å². The van der Waals surface area contributed by atoms with Crippen molar-refractivity contribution in [1.29, 1.82) is 5.26 Å². The number of nitrogens with one attached hydrogen (secondary N) is 1. The number of anilines is 1. The predicted octanol–water partition coefficient (Wildman–Crippen LogP) is 2.08. The molecule has 0 fully saturated rings. The topological polar surface area (TPSA) is 78.7 Å². The quantitative estimate of drug-likeness (QED) is 0.860. The summed E-state index contributed by atoms with van der Waals surface area (Å²) in [5.74, 6) is 0.116. The molecule has 94 valence electrons. The lowest BCUT2D eigenvalue weighted by molar-refractivity contribution is -0.113. The predicted molar refractivity (Wildman–Crippen MR) is 72.5 cm³/mol. The summed E-state index contributed by atoms with van der Waals surface area (Å²) < 4.78 is 0. The minimum Gasteiger partial charge on any atom is -0.325 e. The van der Waals surface area contributed by atoms with E-state index < -0.39 is 0 Å². The number of nitriles is 1. The molecular weight excluding hydrogens is 260 g/mol. The van der Waals surface area contributed by atoms with Crippen molar-refractivity contribution in [1.82, 2.24) is 9.97 Å². The molecule has 1 amide bonds. The van der Waals surface area contributed by atoms with Crippen LogP contribution in [0, 0.1) is 11.3 Å². The summed E-state index contributed by atoms with van der Waals surface area (Å²) in [6, 6.07) is 8.76. The highest BCUT2D eigenvalue weighted by Crippen LogP contribution is 2.16. The third-order valence-electron chi connectivity index (χ3n) is 2.18. The standard InChI is InChI=1S/C13H10N4OS/c14-8-10-1-6-16-13(7-10)19-9-12(18)17-11-2-4-15-5-3-11/h1-7H,9H2,(H,15,17,18). The van der Waals surface area contributed by atoms with Gasteiger partial charge in [0.25, 0.3) is 0 Å². The van der Waals surface area contributed by atoms with Crippen molar-refractivity contribution in [2.24, 2.45) is 0 Å². The Morgan fingerprint density at radius 3 is 2.84 bits per heavy atom. The molecule has 2 aromatic rings. The zero-order valence-corrected chi connectivity index (χ0v) is 10.7. The number of carbonyl (C=O) groups excluding carboxylic acids is 1. The van der Waals surface area contributed by atoms with Gasteiger partial charge in [0.2, 0.25) is 5.91 Å². The minimum atomic E-state index is -0.125. The van der Waals surface area contributed by atoms with Crippen LogP contribution in [0.3, 0.4) is 0 Å². The first-order valence-corrected chi connectivity index (χ1v) is 6.45. The molecule has 1 N–H and O–H groups in total. The molecule has 0 aliphatic carbocycles. The second kappa shape index (κ2) is 6.52. The second-order valence-electron chi connectivity index (χ2n) is 3.57. The summed E-state index contributed by atoms with van der Waals surface area (Å²) in [4.78, 5) is 19.7. The van der Waals surface area contributed by atoms with Gasteiger partial charge in [-0.15, -0.1) is 0 Å². The normalized spacial score (nSPS) is 9.63. The first-order valence-electron chi connectivity index (χ1n) is 5.47. The van der Waals surface area contributed by atoms with Gasteiger partial charge >= 0.3 is 0 Å². The van der Waals surface area contributed by atoms with Crippen LogP contribution in [0.5, 0.6) is 0 Å². The molecular formula is C13H10N4OS. The van der Waals surface area contributed by atoms with E-state index in [0.29, 0.717) is 16.3 Å². The second-order valence-corrected chi connectivity index (χ2v) is 4.56. The summed E-state index contributed by atoms with van der Waals surface area (Å²) in [5.41, 5.74) is 1.24. The van der Waals surface area contributed by atoms with Gasteiger partial charge in [0, 0.05) is 24.3 Å². The fourth-order valence-electron chi connectivity index (χ4n) is 1.33. The largest absolute Gasteiger partial charge is 0.325 e. The lowest BCUT2D eigenvalue weighted by atomic mass is 10.3. The van der Waals surface area contributed by atoms with Crippen molar-refractivity contribution in [3.05, 3.63) is 48.4 Å². The van der Waals surface area contributed by atoms with Crippen LogP contribution in [0.15, 0.2) is 47.9 Å². The molecule has 0 unspecified atom stereocenters. The summed E-state index contributed by atoms with van der Waals surface area (Å²) in [7, 11) is 0. The van der Waals surface area contributed by atoms with Gasteiger partial charge in [-0.2, -0.15) is 5.26 Å². The van der Waals surface area contributed by atoms with Gasteiger partial charge in [-0.05, 0) is 24.3 Å². The molecule has 0 aliphatic heterocycles. The maximum atomic E-state index is 11.7. The Bertz CT molecular complexity index is 610. The number of nitrogens with zero attached hydrogens (tertiary/aromatic N) is 3. The molecule has 0 aliphatic rings. The van der Waals surface area contributed by atoms with Crippen molar-refractivity contribution >= 4 is 23.4 Å². The average molecular weight is 270 g/mol. The Morgan fingerprint density at radius 2 is 2.11 bits per heavy atom. The van der Waals surface area contributed by atoms with Gasteiger partial charge in [0.05, 0.1) is 22.4 Å². The van der Waals surface area contributed by atoms with Crippen molar-refractivity contribution in [2.75, 3.05) is 11.1 Å². The zero-order valence-electron chi connectivity index (χ0n) is 9.91. The van der Waals surface area contributed by atoms with E-state index >= 15 is 0 Å². The Balaban J connectivity index is 1.88. The summed E-state index contributed by atoms with van der Waals surface area (Å²) in [6.07, 6.45) is 4.78. The number of rotatable bonds is 4. The highest BCUT2D eigenvalue weighted by atomic mass is 32.2. The maximum absolute atomic E-state index is 11.7. The van der Waals surface area contributed by atoms with Crippen LogP contribution in [-0.2, 0) is 4.79 Å². The first kappa shape index (κ1) is 13.1. The molecule has 0 saturated heterocycles. The molecule has 2 aromatic heterocycles. The molecule has 0 aromatic carbocycles. The van der Waals surface area contributed by atoms with Crippen LogP contribution in [0.25, 0.3) is 0 Å². The number of thioether (sulfide) groups is 1. The van der Waals surface area contributed by atoms with E-state index in [2.05, 4.69) is 15.3 Å². The lowest BCUT2D eigenvalue weighted by Gasteiger charge is -2.04. The molecule has 0 spiro atoms.